The van der Waals surface area contributed by atoms with Crippen molar-refractivity contribution in [3.05, 3.63) is 17.7 Å². The fourth-order valence-corrected chi connectivity index (χ4v) is 3.22. The maximum atomic E-state index is 11.0. The van der Waals surface area contributed by atoms with Gasteiger partial charge in [0.05, 0.1) is 11.6 Å². The van der Waals surface area contributed by atoms with Crippen LogP contribution >= 0.6 is 11.6 Å². The third-order valence-electron chi connectivity index (χ3n) is 4.44. The molecule has 0 radical (unpaired) electrons. The van der Waals surface area contributed by atoms with Gasteiger partial charge in [-0.05, 0) is 43.2 Å². The molecule has 118 valence electrons. The van der Waals surface area contributed by atoms with Crippen LogP contribution in [0.5, 0.6) is 0 Å². The van der Waals surface area contributed by atoms with Gasteiger partial charge in [0.25, 0.3) is 0 Å². The number of carbonyl (C=O) groups is 1. The molecule has 2 heterocycles. The summed E-state index contributed by atoms with van der Waals surface area (Å²) < 4.78 is 1.87. The van der Waals surface area contributed by atoms with Crippen LogP contribution in [0.15, 0.2) is 12.4 Å². The molecule has 0 aliphatic heterocycles. The molecule has 0 spiro atoms. The molecule has 1 aliphatic rings. The Balaban J connectivity index is 1.65. The lowest BCUT2D eigenvalue weighted by atomic mass is 9.85. The lowest BCUT2D eigenvalue weighted by Gasteiger charge is -2.33. The summed E-state index contributed by atoms with van der Waals surface area (Å²) in [5.41, 5.74) is 0.754. The number of amides is 1. The molecule has 1 aliphatic carbocycles. The smallest absolute Gasteiger partial charge is 0.407 e. The third-order valence-corrected chi connectivity index (χ3v) is 4.63. The van der Waals surface area contributed by atoms with Gasteiger partial charge in [0.1, 0.15) is 0 Å². The van der Waals surface area contributed by atoms with Crippen molar-refractivity contribution in [2.45, 2.75) is 38.3 Å². The van der Waals surface area contributed by atoms with E-state index >= 15 is 0 Å². The van der Waals surface area contributed by atoms with Gasteiger partial charge in [0.2, 0.25) is 5.28 Å². The van der Waals surface area contributed by atoms with Gasteiger partial charge in [-0.1, -0.05) is 0 Å². The van der Waals surface area contributed by atoms with E-state index in [9.17, 15) is 4.79 Å². The summed E-state index contributed by atoms with van der Waals surface area (Å²) in [6.45, 7) is 0.778. The molecule has 22 heavy (non-hydrogen) atoms. The first-order chi connectivity index (χ1) is 10.5. The number of hydrogen-bond donors (Lipinski definition) is 1. The van der Waals surface area contributed by atoms with Crippen molar-refractivity contribution in [2.75, 3.05) is 7.05 Å². The molecule has 0 aromatic carbocycles. The van der Waals surface area contributed by atoms with E-state index in [1.807, 2.05) is 4.68 Å². The minimum Gasteiger partial charge on any atom is -0.465 e. The average molecular weight is 324 g/mol. The summed E-state index contributed by atoms with van der Waals surface area (Å²) in [6, 6.07) is 0.125. The van der Waals surface area contributed by atoms with Crippen molar-refractivity contribution in [1.82, 2.24) is 24.6 Å². The van der Waals surface area contributed by atoms with Gasteiger partial charge in [-0.15, -0.1) is 0 Å². The van der Waals surface area contributed by atoms with Crippen LogP contribution in [0.3, 0.4) is 0 Å². The Hall–Kier alpha value is -1.89. The van der Waals surface area contributed by atoms with Crippen LogP contribution in [0.2, 0.25) is 5.28 Å². The molecule has 0 unspecified atom stereocenters. The second kappa shape index (κ2) is 6.08. The highest BCUT2D eigenvalue weighted by molar-refractivity contribution is 6.28. The van der Waals surface area contributed by atoms with Crippen LogP contribution in [-0.4, -0.2) is 48.9 Å². The van der Waals surface area contributed by atoms with E-state index in [1.54, 1.807) is 19.4 Å². The van der Waals surface area contributed by atoms with Crippen LogP contribution in [0.25, 0.3) is 11.0 Å². The second-order valence-electron chi connectivity index (χ2n) is 5.81. The molecule has 1 amide bonds. The quantitative estimate of drug-likeness (QED) is 0.878. The van der Waals surface area contributed by atoms with Crippen molar-refractivity contribution in [3.63, 3.8) is 0 Å². The van der Waals surface area contributed by atoms with Crippen molar-refractivity contribution >= 4 is 28.7 Å². The number of nitrogens with zero attached hydrogens (tertiary/aromatic N) is 5. The predicted octanol–water partition coefficient (Wildman–Crippen LogP) is 2.65. The zero-order chi connectivity index (χ0) is 15.7. The molecular formula is C14H18ClN5O2. The summed E-state index contributed by atoms with van der Waals surface area (Å²) in [7, 11) is 1.65. The molecule has 1 fully saturated rings. The fourth-order valence-electron chi connectivity index (χ4n) is 3.09. The van der Waals surface area contributed by atoms with Gasteiger partial charge in [-0.2, -0.15) is 10.1 Å². The molecule has 8 heteroatoms. The number of fused-ring (bicyclic) bond motifs is 1. The first-order valence-electron chi connectivity index (χ1n) is 7.34. The summed E-state index contributed by atoms with van der Waals surface area (Å²) in [5, 5.41) is 14.5. The molecule has 2 aromatic heterocycles. The molecule has 1 saturated carbocycles. The van der Waals surface area contributed by atoms with Crippen molar-refractivity contribution in [2.24, 2.45) is 5.92 Å². The van der Waals surface area contributed by atoms with Crippen LogP contribution in [0, 0.1) is 5.92 Å². The number of aromatic nitrogens is 4. The van der Waals surface area contributed by atoms with Gasteiger partial charge in [0, 0.05) is 25.8 Å². The highest BCUT2D eigenvalue weighted by Gasteiger charge is 2.27. The Morgan fingerprint density at radius 1 is 1.41 bits per heavy atom. The topological polar surface area (TPSA) is 84.1 Å². The fraction of sp³-hybridized carbons (Fsp3) is 0.571. The Labute approximate surface area is 132 Å². The van der Waals surface area contributed by atoms with E-state index in [0.717, 1.165) is 43.3 Å². The minimum absolute atomic E-state index is 0.125. The number of hydrogen-bond acceptors (Lipinski definition) is 4. The van der Waals surface area contributed by atoms with Gasteiger partial charge in [0.15, 0.2) is 5.65 Å². The maximum Gasteiger partial charge on any atom is 0.407 e. The third kappa shape index (κ3) is 2.99. The Morgan fingerprint density at radius 3 is 2.82 bits per heavy atom. The van der Waals surface area contributed by atoms with E-state index in [2.05, 4.69) is 15.1 Å². The molecule has 3 rings (SSSR count). The normalized spacial score (nSPS) is 21.9. The van der Waals surface area contributed by atoms with E-state index in [1.165, 1.54) is 4.90 Å². The van der Waals surface area contributed by atoms with Gasteiger partial charge >= 0.3 is 6.09 Å². The Kier molecular flexibility index (Phi) is 4.15. The van der Waals surface area contributed by atoms with E-state index < -0.39 is 6.09 Å². The maximum absolute atomic E-state index is 11.0. The lowest BCUT2D eigenvalue weighted by Crippen LogP contribution is -2.39. The minimum atomic E-state index is -0.854. The standard InChI is InChI=1S/C14H18ClN5O2/c1-19(14(21)22)11-4-2-9(3-5-11)8-20-12-10(7-17-20)6-16-13(15)18-12/h6-7,9,11H,2-5,8H2,1H3,(H,21,22)/t9-,11-. The predicted molar refractivity (Wildman–Crippen MR) is 81.9 cm³/mol. The molecule has 0 bridgehead atoms. The Bertz CT molecular complexity index is 681. The first kappa shape index (κ1) is 15.0. The van der Waals surface area contributed by atoms with Crippen LogP contribution in [-0.2, 0) is 6.54 Å². The molecule has 0 saturated heterocycles. The Morgan fingerprint density at radius 2 is 2.14 bits per heavy atom. The van der Waals surface area contributed by atoms with E-state index in [4.69, 9.17) is 16.7 Å². The van der Waals surface area contributed by atoms with Crippen molar-refractivity contribution < 1.29 is 9.90 Å². The largest absolute Gasteiger partial charge is 0.465 e. The highest BCUT2D eigenvalue weighted by Crippen LogP contribution is 2.29. The number of rotatable bonds is 3. The van der Waals surface area contributed by atoms with Crippen LogP contribution in [0.1, 0.15) is 25.7 Å². The number of carboxylic acid groups (broad SMARTS) is 1. The van der Waals surface area contributed by atoms with E-state index in [-0.39, 0.29) is 11.3 Å². The summed E-state index contributed by atoms with van der Waals surface area (Å²) in [4.78, 5) is 20.6. The molecule has 0 atom stereocenters. The molecular weight excluding hydrogens is 306 g/mol. The zero-order valence-electron chi connectivity index (χ0n) is 12.3. The van der Waals surface area contributed by atoms with Gasteiger partial charge in [-0.3, -0.25) is 0 Å². The molecule has 1 N–H and O–H groups in total. The highest BCUT2D eigenvalue weighted by atomic mass is 35.5. The molecule has 7 nitrogen and oxygen atoms in total. The zero-order valence-corrected chi connectivity index (χ0v) is 13.1. The van der Waals surface area contributed by atoms with Crippen molar-refractivity contribution in [3.8, 4) is 0 Å². The average Bonchev–Trinajstić information content (AvgIpc) is 2.89. The summed E-state index contributed by atoms with van der Waals surface area (Å²) >= 11 is 5.85. The molecule has 2 aromatic rings. The van der Waals surface area contributed by atoms with E-state index in [0.29, 0.717) is 5.92 Å². The SMILES string of the molecule is CN(C(=O)O)[C@H]1CC[C@H](Cn2ncc3cnc(Cl)nc32)CC1. The van der Waals surface area contributed by atoms with Crippen LogP contribution < -0.4 is 0 Å². The van der Waals surface area contributed by atoms with Crippen LogP contribution in [0.4, 0.5) is 4.79 Å². The number of halogens is 1. The second-order valence-corrected chi connectivity index (χ2v) is 6.15. The van der Waals surface area contributed by atoms with Gasteiger partial charge in [-0.25, -0.2) is 14.5 Å². The first-order valence-corrected chi connectivity index (χ1v) is 7.72. The lowest BCUT2D eigenvalue weighted by molar-refractivity contribution is 0.116. The summed E-state index contributed by atoms with van der Waals surface area (Å²) in [6.07, 6.45) is 6.32. The van der Waals surface area contributed by atoms with Crippen molar-refractivity contribution in [1.29, 1.82) is 0 Å². The van der Waals surface area contributed by atoms with Gasteiger partial charge < -0.3 is 10.0 Å². The summed E-state index contributed by atoms with van der Waals surface area (Å²) in [5.74, 6) is 0.482. The monoisotopic (exact) mass is 323 g/mol.